The van der Waals surface area contributed by atoms with Crippen LogP contribution in [0.3, 0.4) is 0 Å². The van der Waals surface area contributed by atoms with Crippen molar-refractivity contribution in [2.75, 3.05) is 25.0 Å². The first-order valence-corrected chi connectivity index (χ1v) is 10.1. The number of benzene rings is 1. The molecule has 1 aliphatic heterocycles. The van der Waals surface area contributed by atoms with Crippen LogP contribution in [0.4, 0.5) is 10.2 Å². The number of aromatic nitrogens is 3. The highest BCUT2D eigenvalue weighted by molar-refractivity contribution is 6.32. The molecule has 2 aromatic heterocycles. The lowest BCUT2D eigenvalue weighted by atomic mass is 10.2. The van der Waals surface area contributed by atoms with Gasteiger partial charge < -0.3 is 20.1 Å². The van der Waals surface area contributed by atoms with Crippen molar-refractivity contribution in [1.82, 2.24) is 25.2 Å². The average molecular weight is 428 g/mol. The highest BCUT2D eigenvalue weighted by atomic mass is 35.5. The number of anilines is 1. The van der Waals surface area contributed by atoms with Gasteiger partial charge in [0.05, 0.1) is 17.0 Å². The number of hydrogen-bond donors (Lipinski definition) is 2. The van der Waals surface area contributed by atoms with Crippen molar-refractivity contribution in [3.8, 4) is 5.69 Å². The first-order valence-electron chi connectivity index (χ1n) is 9.73. The molecule has 30 heavy (non-hydrogen) atoms. The Morgan fingerprint density at radius 3 is 2.97 bits per heavy atom. The van der Waals surface area contributed by atoms with Crippen LogP contribution in [-0.2, 0) is 6.54 Å². The van der Waals surface area contributed by atoms with E-state index in [1.165, 1.54) is 6.07 Å². The number of pyridine rings is 1. The van der Waals surface area contributed by atoms with Gasteiger partial charge in [0.15, 0.2) is 5.96 Å². The van der Waals surface area contributed by atoms with E-state index >= 15 is 0 Å². The van der Waals surface area contributed by atoms with Gasteiger partial charge in [-0.2, -0.15) is 0 Å². The zero-order valence-corrected chi connectivity index (χ0v) is 17.3. The summed E-state index contributed by atoms with van der Waals surface area (Å²) in [6, 6.07) is 9.05. The second-order valence-electron chi connectivity index (χ2n) is 7.07. The summed E-state index contributed by atoms with van der Waals surface area (Å²) in [7, 11) is 1.72. The van der Waals surface area contributed by atoms with Crippen LogP contribution < -0.4 is 15.5 Å². The van der Waals surface area contributed by atoms with Crippen LogP contribution in [-0.4, -0.2) is 46.7 Å². The molecule has 7 nitrogen and oxygen atoms in total. The third kappa shape index (κ3) is 4.54. The number of imidazole rings is 1. The summed E-state index contributed by atoms with van der Waals surface area (Å²) < 4.78 is 16.1. The molecule has 2 N–H and O–H groups in total. The van der Waals surface area contributed by atoms with Gasteiger partial charge in [-0.25, -0.2) is 14.4 Å². The zero-order chi connectivity index (χ0) is 20.9. The van der Waals surface area contributed by atoms with Crippen molar-refractivity contribution in [2.24, 2.45) is 4.99 Å². The molecular weight excluding hydrogens is 405 g/mol. The Bertz CT molecular complexity index is 1020. The molecule has 1 aliphatic rings. The van der Waals surface area contributed by atoms with Gasteiger partial charge >= 0.3 is 0 Å². The molecule has 1 unspecified atom stereocenters. The number of halogens is 2. The van der Waals surface area contributed by atoms with E-state index in [-0.39, 0.29) is 11.9 Å². The highest BCUT2D eigenvalue weighted by Crippen LogP contribution is 2.25. The van der Waals surface area contributed by atoms with E-state index in [1.807, 2.05) is 18.2 Å². The lowest BCUT2D eigenvalue weighted by Crippen LogP contribution is -2.44. The number of hydrogen-bond acceptors (Lipinski definition) is 4. The zero-order valence-electron chi connectivity index (χ0n) is 16.6. The molecule has 3 aromatic rings. The third-order valence-electron chi connectivity index (χ3n) is 5.05. The minimum Gasteiger partial charge on any atom is -0.353 e. The summed E-state index contributed by atoms with van der Waals surface area (Å²) in [5, 5.41) is 7.33. The van der Waals surface area contributed by atoms with Gasteiger partial charge in [-0.1, -0.05) is 17.7 Å². The number of nitrogens with zero attached hydrogens (tertiary/aromatic N) is 5. The van der Waals surface area contributed by atoms with Crippen LogP contribution in [0.1, 0.15) is 12.0 Å². The summed E-state index contributed by atoms with van der Waals surface area (Å²) in [5.41, 5.74) is 1.30. The standard InChI is InChI=1S/C21H23ClFN7/c1-24-21(28-16-6-9-29(13-16)20-17(22)3-2-7-26-20)27-12-15-4-5-19(18(23)11-15)30-10-8-25-14-30/h2-5,7-8,10-11,14,16H,6,9,12-13H2,1H3,(H2,24,27,28). The molecule has 9 heteroatoms. The highest BCUT2D eigenvalue weighted by Gasteiger charge is 2.25. The summed E-state index contributed by atoms with van der Waals surface area (Å²) in [6.45, 7) is 2.11. The minimum atomic E-state index is -0.297. The van der Waals surface area contributed by atoms with E-state index in [0.29, 0.717) is 23.2 Å². The normalized spacial score (nSPS) is 16.7. The molecule has 0 radical (unpaired) electrons. The number of rotatable bonds is 5. The van der Waals surface area contributed by atoms with E-state index in [4.69, 9.17) is 11.6 Å². The van der Waals surface area contributed by atoms with E-state index in [2.05, 4.69) is 30.5 Å². The van der Waals surface area contributed by atoms with E-state index in [1.54, 1.807) is 42.6 Å². The van der Waals surface area contributed by atoms with E-state index in [0.717, 1.165) is 30.9 Å². The Labute approximate surface area is 179 Å². The van der Waals surface area contributed by atoms with Gasteiger partial charge in [-0.3, -0.25) is 4.99 Å². The first kappa shape index (κ1) is 20.2. The Balaban J connectivity index is 1.33. The van der Waals surface area contributed by atoms with Crippen LogP contribution in [0.15, 0.2) is 60.2 Å². The Morgan fingerprint density at radius 2 is 2.23 bits per heavy atom. The fourth-order valence-corrected chi connectivity index (χ4v) is 3.77. The summed E-state index contributed by atoms with van der Waals surface area (Å²) in [5.74, 6) is 1.18. The molecule has 3 heterocycles. The smallest absolute Gasteiger partial charge is 0.191 e. The first-order chi connectivity index (χ1) is 14.6. The van der Waals surface area contributed by atoms with E-state index < -0.39 is 0 Å². The summed E-state index contributed by atoms with van der Waals surface area (Å²) in [4.78, 5) is 14.8. The molecule has 0 bridgehead atoms. The van der Waals surface area contributed by atoms with Crippen LogP contribution in [0.5, 0.6) is 0 Å². The molecule has 1 aromatic carbocycles. The monoisotopic (exact) mass is 427 g/mol. The number of guanidine groups is 1. The van der Waals surface area contributed by atoms with Crippen molar-refractivity contribution < 1.29 is 4.39 Å². The Hall–Kier alpha value is -3.13. The molecule has 1 saturated heterocycles. The molecule has 0 aliphatic carbocycles. The third-order valence-corrected chi connectivity index (χ3v) is 5.34. The molecule has 0 saturated carbocycles. The van der Waals surface area contributed by atoms with Crippen LogP contribution in [0.25, 0.3) is 5.69 Å². The van der Waals surface area contributed by atoms with Gasteiger partial charge in [0.1, 0.15) is 11.6 Å². The lowest BCUT2D eigenvalue weighted by molar-refractivity contribution is 0.613. The Kier molecular flexibility index (Phi) is 6.13. The largest absolute Gasteiger partial charge is 0.353 e. The predicted molar refractivity (Wildman–Crippen MR) is 117 cm³/mol. The topological polar surface area (TPSA) is 70.4 Å². The van der Waals surface area contributed by atoms with Crippen molar-refractivity contribution >= 4 is 23.4 Å². The molecular formula is C21H23ClFN7. The van der Waals surface area contributed by atoms with Crippen LogP contribution in [0.2, 0.25) is 5.02 Å². The van der Waals surface area contributed by atoms with E-state index in [9.17, 15) is 4.39 Å². The Morgan fingerprint density at radius 1 is 1.33 bits per heavy atom. The van der Waals surface area contributed by atoms with Crippen molar-refractivity contribution in [2.45, 2.75) is 19.0 Å². The summed E-state index contributed by atoms with van der Waals surface area (Å²) >= 11 is 6.26. The fourth-order valence-electron chi connectivity index (χ4n) is 3.53. The van der Waals surface area contributed by atoms with Gasteiger partial charge in [-0.05, 0) is 36.2 Å². The average Bonchev–Trinajstić information content (AvgIpc) is 3.44. The predicted octanol–water partition coefficient (Wildman–Crippen LogP) is 3.00. The van der Waals surface area contributed by atoms with Gasteiger partial charge in [0.25, 0.3) is 0 Å². The van der Waals surface area contributed by atoms with Gasteiger partial charge in [-0.15, -0.1) is 0 Å². The maximum atomic E-state index is 14.4. The molecule has 1 fully saturated rings. The molecule has 156 valence electrons. The van der Waals surface area contributed by atoms with Crippen molar-refractivity contribution in [3.63, 3.8) is 0 Å². The molecule has 1 atom stereocenters. The molecule has 4 rings (SSSR count). The van der Waals surface area contributed by atoms with Crippen LogP contribution >= 0.6 is 11.6 Å². The SMILES string of the molecule is CN=C(NCc1ccc(-n2ccnc2)c(F)c1)NC1CCN(c2ncccc2Cl)C1. The lowest BCUT2D eigenvalue weighted by Gasteiger charge is -2.20. The quantitative estimate of drug-likeness (QED) is 0.484. The molecule has 0 amide bonds. The maximum absolute atomic E-state index is 14.4. The second kappa shape index (κ2) is 9.13. The van der Waals surface area contributed by atoms with Crippen molar-refractivity contribution in [3.05, 3.63) is 71.7 Å². The van der Waals surface area contributed by atoms with Crippen LogP contribution in [0, 0.1) is 5.82 Å². The minimum absolute atomic E-state index is 0.217. The van der Waals surface area contributed by atoms with Gasteiger partial charge in [0, 0.05) is 51.3 Å². The fraction of sp³-hybridized carbons (Fsp3) is 0.286. The molecule has 0 spiro atoms. The second-order valence-corrected chi connectivity index (χ2v) is 7.47. The van der Waals surface area contributed by atoms with Gasteiger partial charge in [0.2, 0.25) is 0 Å². The number of nitrogens with one attached hydrogen (secondary N) is 2. The maximum Gasteiger partial charge on any atom is 0.191 e. The number of aliphatic imine (C=N–C) groups is 1. The van der Waals surface area contributed by atoms with Crippen molar-refractivity contribution in [1.29, 1.82) is 0 Å². The summed E-state index contributed by atoms with van der Waals surface area (Å²) in [6.07, 6.45) is 7.61.